The SMILES string of the molecule is COCCNCc1cc(C)nc(COCC(F)(F)F)n1. The second-order valence-electron chi connectivity index (χ2n) is 4.19. The highest BCUT2D eigenvalue weighted by atomic mass is 19.4. The van der Waals surface area contributed by atoms with Crippen molar-refractivity contribution in [2.45, 2.75) is 26.3 Å². The summed E-state index contributed by atoms with van der Waals surface area (Å²) in [5, 5.41) is 3.10. The lowest BCUT2D eigenvalue weighted by atomic mass is 10.3. The summed E-state index contributed by atoms with van der Waals surface area (Å²) in [7, 11) is 1.60. The van der Waals surface area contributed by atoms with Crippen molar-refractivity contribution in [1.82, 2.24) is 15.3 Å². The minimum absolute atomic E-state index is 0.248. The van der Waals surface area contributed by atoms with Crippen LogP contribution in [0, 0.1) is 6.92 Å². The molecule has 1 N–H and O–H groups in total. The Morgan fingerprint density at radius 3 is 2.70 bits per heavy atom. The minimum Gasteiger partial charge on any atom is -0.383 e. The molecule has 0 aliphatic heterocycles. The van der Waals surface area contributed by atoms with Gasteiger partial charge in [-0.3, -0.25) is 0 Å². The molecule has 0 unspecified atom stereocenters. The summed E-state index contributed by atoms with van der Waals surface area (Å²) in [5.74, 6) is 0.248. The molecule has 0 atom stereocenters. The molecule has 0 bridgehead atoms. The monoisotopic (exact) mass is 293 g/mol. The van der Waals surface area contributed by atoms with Gasteiger partial charge in [-0.25, -0.2) is 9.97 Å². The second-order valence-corrected chi connectivity index (χ2v) is 4.19. The van der Waals surface area contributed by atoms with Gasteiger partial charge in [0, 0.05) is 25.9 Å². The summed E-state index contributed by atoms with van der Waals surface area (Å²) in [6, 6.07) is 1.77. The van der Waals surface area contributed by atoms with Crippen LogP contribution in [-0.4, -0.2) is 43.0 Å². The third-order valence-corrected chi connectivity index (χ3v) is 2.24. The van der Waals surface area contributed by atoms with Crippen LogP contribution in [-0.2, 0) is 22.6 Å². The van der Waals surface area contributed by atoms with Gasteiger partial charge in [0.05, 0.1) is 12.3 Å². The first-order chi connectivity index (χ1) is 9.40. The number of alkyl halides is 3. The Labute approximate surface area is 115 Å². The van der Waals surface area contributed by atoms with E-state index < -0.39 is 12.8 Å². The first-order valence-electron chi connectivity index (χ1n) is 6.08. The number of hydrogen-bond donors (Lipinski definition) is 1. The molecule has 8 heteroatoms. The maximum absolute atomic E-state index is 12.0. The number of nitrogens with one attached hydrogen (secondary N) is 1. The first kappa shape index (κ1) is 16.8. The van der Waals surface area contributed by atoms with Crippen molar-refractivity contribution in [2.75, 3.05) is 26.9 Å². The molecule has 0 aliphatic carbocycles. The van der Waals surface area contributed by atoms with E-state index in [2.05, 4.69) is 20.0 Å². The molecule has 1 aromatic heterocycles. The van der Waals surface area contributed by atoms with Crippen LogP contribution in [0.15, 0.2) is 6.07 Å². The third kappa shape index (κ3) is 7.37. The fourth-order valence-corrected chi connectivity index (χ4v) is 1.50. The molecule has 114 valence electrons. The summed E-state index contributed by atoms with van der Waals surface area (Å²) < 4.78 is 45.3. The Kier molecular flexibility index (Phi) is 6.83. The van der Waals surface area contributed by atoms with Crippen LogP contribution in [0.5, 0.6) is 0 Å². The van der Waals surface area contributed by atoms with Gasteiger partial charge in [-0.2, -0.15) is 13.2 Å². The number of rotatable bonds is 8. The van der Waals surface area contributed by atoms with E-state index in [1.54, 1.807) is 20.1 Å². The molecule has 1 heterocycles. The van der Waals surface area contributed by atoms with Crippen LogP contribution in [0.2, 0.25) is 0 Å². The molecule has 0 radical (unpaired) electrons. The minimum atomic E-state index is -4.34. The lowest BCUT2D eigenvalue weighted by Crippen LogP contribution is -2.20. The van der Waals surface area contributed by atoms with Crippen LogP contribution >= 0.6 is 0 Å². The molecule has 0 amide bonds. The average molecular weight is 293 g/mol. The molecule has 5 nitrogen and oxygen atoms in total. The van der Waals surface area contributed by atoms with Crippen molar-refractivity contribution < 1.29 is 22.6 Å². The van der Waals surface area contributed by atoms with Crippen LogP contribution < -0.4 is 5.32 Å². The highest BCUT2D eigenvalue weighted by Crippen LogP contribution is 2.15. The fraction of sp³-hybridized carbons (Fsp3) is 0.667. The number of ether oxygens (including phenoxy) is 2. The van der Waals surface area contributed by atoms with Gasteiger partial charge in [0.2, 0.25) is 0 Å². The molecule has 0 saturated heterocycles. The van der Waals surface area contributed by atoms with Gasteiger partial charge in [-0.05, 0) is 13.0 Å². The number of methoxy groups -OCH3 is 1. The van der Waals surface area contributed by atoms with Crippen LogP contribution in [0.3, 0.4) is 0 Å². The van der Waals surface area contributed by atoms with E-state index in [4.69, 9.17) is 4.74 Å². The van der Waals surface area contributed by atoms with E-state index in [-0.39, 0.29) is 12.4 Å². The number of aromatic nitrogens is 2. The largest absolute Gasteiger partial charge is 0.411 e. The highest BCUT2D eigenvalue weighted by Gasteiger charge is 2.27. The smallest absolute Gasteiger partial charge is 0.383 e. The van der Waals surface area contributed by atoms with Gasteiger partial charge in [0.1, 0.15) is 13.2 Å². The summed E-state index contributed by atoms with van der Waals surface area (Å²) in [4.78, 5) is 8.19. The van der Waals surface area contributed by atoms with E-state index in [1.807, 2.05) is 0 Å². The maximum atomic E-state index is 12.0. The van der Waals surface area contributed by atoms with Gasteiger partial charge in [-0.1, -0.05) is 0 Å². The van der Waals surface area contributed by atoms with Crippen LogP contribution in [0.1, 0.15) is 17.2 Å². The summed E-state index contributed by atoms with van der Waals surface area (Å²) in [6.07, 6.45) is -4.34. The van der Waals surface area contributed by atoms with E-state index >= 15 is 0 Å². The Balaban J connectivity index is 2.48. The molecule has 0 aliphatic rings. The standard InChI is InChI=1S/C12H18F3N3O2/c1-9-5-10(6-16-3-4-19-2)18-11(17-9)7-20-8-12(13,14)15/h5,16H,3-4,6-8H2,1-2H3. The Hall–Kier alpha value is -1.25. The highest BCUT2D eigenvalue weighted by molar-refractivity contribution is 5.09. The molecule has 0 aromatic carbocycles. The van der Waals surface area contributed by atoms with Crippen molar-refractivity contribution in [2.24, 2.45) is 0 Å². The summed E-state index contributed by atoms with van der Waals surface area (Å²) >= 11 is 0. The Bertz CT molecular complexity index is 413. The number of hydrogen-bond acceptors (Lipinski definition) is 5. The average Bonchev–Trinajstić information content (AvgIpc) is 2.32. The van der Waals surface area contributed by atoms with E-state index in [1.165, 1.54) is 0 Å². The predicted molar refractivity (Wildman–Crippen MR) is 66.1 cm³/mol. The normalized spacial score (nSPS) is 11.8. The molecule has 1 rings (SSSR count). The summed E-state index contributed by atoms with van der Waals surface area (Å²) in [6.45, 7) is 1.94. The Morgan fingerprint density at radius 1 is 1.30 bits per heavy atom. The zero-order valence-corrected chi connectivity index (χ0v) is 11.5. The first-order valence-corrected chi connectivity index (χ1v) is 6.08. The zero-order valence-electron chi connectivity index (χ0n) is 11.5. The number of aryl methyl sites for hydroxylation is 1. The maximum Gasteiger partial charge on any atom is 0.411 e. The number of halogens is 3. The lowest BCUT2D eigenvalue weighted by molar-refractivity contribution is -0.177. The lowest BCUT2D eigenvalue weighted by Gasteiger charge is -2.09. The topological polar surface area (TPSA) is 56.3 Å². The van der Waals surface area contributed by atoms with Gasteiger partial charge in [0.25, 0.3) is 0 Å². The molecule has 0 saturated carbocycles. The van der Waals surface area contributed by atoms with E-state index in [0.717, 1.165) is 0 Å². The predicted octanol–water partition coefficient (Wildman–Crippen LogP) is 1.60. The molecule has 20 heavy (non-hydrogen) atoms. The molecular weight excluding hydrogens is 275 g/mol. The van der Waals surface area contributed by atoms with Gasteiger partial charge < -0.3 is 14.8 Å². The van der Waals surface area contributed by atoms with Gasteiger partial charge in [0.15, 0.2) is 5.82 Å². The molecule has 0 fully saturated rings. The van der Waals surface area contributed by atoms with Crippen molar-refractivity contribution in [3.8, 4) is 0 Å². The summed E-state index contributed by atoms with van der Waals surface area (Å²) in [5.41, 5.74) is 1.40. The van der Waals surface area contributed by atoms with Gasteiger partial charge in [-0.15, -0.1) is 0 Å². The second kappa shape index (κ2) is 8.13. The van der Waals surface area contributed by atoms with Crippen molar-refractivity contribution in [3.05, 3.63) is 23.3 Å². The third-order valence-electron chi connectivity index (χ3n) is 2.24. The molecule has 1 aromatic rings. The Morgan fingerprint density at radius 2 is 2.05 bits per heavy atom. The van der Waals surface area contributed by atoms with Crippen molar-refractivity contribution >= 4 is 0 Å². The van der Waals surface area contributed by atoms with Crippen LogP contribution in [0.4, 0.5) is 13.2 Å². The van der Waals surface area contributed by atoms with Crippen molar-refractivity contribution in [1.29, 1.82) is 0 Å². The van der Waals surface area contributed by atoms with E-state index in [0.29, 0.717) is 31.1 Å². The fourth-order valence-electron chi connectivity index (χ4n) is 1.50. The van der Waals surface area contributed by atoms with E-state index in [9.17, 15) is 13.2 Å². The van der Waals surface area contributed by atoms with Gasteiger partial charge >= 0.3 is 6.18 Å². The van der Waals surface area contributed by atoms with Crippen LogP contribution in [0.25, 0.3) is 0 Å². The molecule has 0 spiro atoms. The quantitative estimate of drug-likeness (QED) is 0.738. The number of nitrogens with zero attached hydrogens (tertiary/aromatic N) is 2. The molecular formula is C12H18F3N3O2. The van der Waals surface area contributed by atoms with Crippen molar-refractivity contribution in [3.63, 3.8) is 0 Å². The zero-order chi connectivity index (χ0) is 15.0.